The molecule has 0 amide bonds. The van der Waals surface area contributed by atoms with Gasteiger partial charge < -0.3 is 24.4 Å². The van der Waals surface area contributed by atoms with E-state index in [0.29, 0.717) is 24.8 Å². The maximum Gasteiger partial charge on any atom is 0.336 e. The monoisotopic (exact) mass is 420 g/mol. The second-order valence-electron chi connectivity index (χ2n) is 7.48. The lowest BCUT2D eigenvalue weighted by atomic mass is 9.85. The van der Waals surface area contributed by atoms with Crippen molar-refractivity contribution in [2.24, 2.45) is 5.92 Å². The van der Waals surface area contributed by atoms with Gasteiger partial charge in [-0.2, -0.15) is 0 Å². The fourth-order valence-electron chi connectivity index (χ4n) is 3.42. The summed E-state index contributed by atoms with van der Waals surface area (Å²) in [4.78, 5) is 35.7. The molecular weight excluding hydrogens is 392 g/mol. The standard InChI is InChI=1S/C22H28O8/c1-12-6-5-7-16(10-23)9-19-20(14(3)22(27)30-19)18(8-12)29-21(26)13(2)17(25)11-28-15(4)24/h6,9,17-20,23,25H,2-3,5,7-8,10-11H2,1,4H3/b12-6-,16-9+/t17-,18+,19-,20-/m1/s1. The van der Waals surface area contributed by atoms with Crippen LogP contribution in [0.15, 0.2) is 47.6 Å². The van der Waals surface area contributed by atoms with Crippen molar-refractivity contribution in [3.63, 3.8) is 0 Å². The Bertz CT molecular complexity index is 791. The summed E-state index contributed by atoms with van der Waals surface area (Å²) in [5, 5.41) is 19.6. The summed E-state index contributed by atoms with van der Waals surface area (Å²) in [5.74, 6) is -2.71. The molecule has 2 N–H and O–H groups in total. The number of hydrogen-bond acceptors (Lipinski definition) is 8. The summed E-state index contributed by atoms with van der Waals surface area (Å²) in [6.45, 7) is 9.81. The van der Waals surface area contributed by atoms with Crippen LogP contribution in [0.25, 0.3) is 0 Å². The van der Waals surface area contributed by atoms with Crippen LogP contribution in [-0.2, 0) is 28.6 Å². The van der Waals surface area contributed by atoms with E-state index >= 15 is 0 Å². The van der Waals surface area contributed by atoms with Gasteiger partial charge in [0.1, 0.15) is 24.9 Å². The van der Waals surface area contributed by atoms with Gasteiger partial charge in [0.2, 0.25) is 0 Å². The summed E-state index contributed by atoms with van der Waals surface area (Å²) < 4.78 is 15.7. The molecule has 164 valence electrons. The molecule has 0 aromatic carbocycles. The number of aliphatic hydroxyl groups is 2. The van der Waals surface area contributed by atoms with E-state index in [2.05, 4.69) is 13.2 Å². The largest absolute Gasteiger partial charge is 0.463 e. The van der Waals surface area contributed by atoms with Crippen LogP contribution in [0.3, 0.4) is 0 Å². The second-order valence-corrected chi connectivity index (χ2v) is 7.48. The van der Waals surface area contributed by atoms with Crippen molar-refractivity contribution in [1.29, 1.82) is 0 Å². The molecule has 1 aliphatic carbocycles. The zero-order valence-corrected chi connectivity index (χ0v) is 17.3. The molecule has 1 fully saturated rings. The number of carbonyl (C=O) groups excluding carboxylic acids is 3. The van der Waals surface area contributed by atoms with E-state index in [-0.39, 0.29) is 17.8 Å². The Hall–Kier alpha value is -2.71. The van der Waals surface area contributed by atoms with Gasteiger partial charge in [-0.3, -0.25) is 4.79 Å². The molecule has 0 bridgehead atoms. The molecule has 0 aromatic heterocycles. The van der Waals surface area contributed by atoms with Gasteiger partial charge in [-0.1, -0.05) is 24.8 Å². The first-order chi connectivity index (χ1) is 14.1. The summed E-state index contributed by atoms with van der Waals surface area (Å²) in [7, 11) is 0. The Morgan fingerprint density at radius 3 is 2.73 bits per heavy atom. The van der Waals surface area contributed by atoms with Crippen molar-refractivity contribution < 1.29 is 38.8 Å². The summed E-state index contributed by atoms with van der Waals surface area (Å²) >= 11 is 0. The number of allylic oxidation sites excluding steroid dienone is 1. The molecule has 4 atom stereocenters. The molecule has 1 aliphatic heterocycles. The SMILES string of the molecule is C=C1C(=O)O[C@@H]2/C=C(/CO)CC/C=C(/C)C[C@H](OC(=O)C(=C)[C@H](O)COC(C)=O)[C@@H]12. The zero-order valence-electron chi connectivity index (χ0n) is 17.3. The van der Waals surface area contributed by atoms with E-state index in [1.807, 2.05) is 13.0 Å². The van der Waals surface area contributed by atoms with Gasteiger partial charge in [0.15, 0.2) is 0 Å². The Morgan fingerprint density at radius 2 is 2.10 bits per heavy atom. The third-order valence-electron chi connectivity index (χ3n) is 5.11. The minimum Gasteiger partial charge on any atom is -0.463 e. The fraction of sp³-hybridized carbons (Fsp3) is 0.500. The maximum absolute atomic E-state index is 12.6. The minimum absolute atomic E-state index is 0.172. The molecular formula is C22H28O8. The van der Waals surface area contributed by atoms with Gasteiger partial charge in [-0.05, 0) is 31.4 Å². The van der Waals surface area contributed by atoms with Crippen molar-refractivity contribution >= 4 is 17.9 Å². The molecule has 30 heavy (non-hydrogen) atoms. The predicted octanol–water partition coefficient (Wildman–Crippen LogP) is 1.53. The highest BCUT2D eigenvalue weighted by Crippen LogP contribution is 2.36. The lowest BCUT2D eigenvalue weighted by Crippen LogP contribution is -2.35. The first kappa shape index (κ1) is 23.6. The molecule has 2 aliphatic rings. The number of fused-ring (bicyclic) bond motifs is 1. The average Bonchev–Trinajstić information content (AvgIpc) is 2.97. The van der Waals surface area contributed by atoms with Gasteiger partial charge in [0.25, 0.3) is 0 Å². The van der Waals surface area contributed by atoms with Crippen LogP contribution < -0.4 is 0 Å². The van der Waals surface area contributed by atoms with Crippen molar-refractivity contribution in [2.75, 3.05) is 13.2 Å². The third-order valence-corrected chi connectivity index (χ3v) is 5.11. The molecule has 0 aromatic rings. The molecule has 1 saturated heterocycles. The van der Waals surface area contributed by atoms with Gasteiger partial charge in [0, 0.05) is 18.9 Å². The van der Waals surface area contributed by atoms with Crippen molar-refractivity contribution in [3.05, 3.63) is 47.6 Å². The molecule has 0 spiro atoms. The zero-order chi connectivity index (χ0) is 22.4. The number of aliphatic hydroxyl groups excluding tert-OH is 2. The van der Waals surface area contributed by atoms with Crippen molar-refractivity contribution in [1.82, 2.24) is 0 Å². The lowest BCUT2D eigenvalue weighted by molar-refractivity contribution is -0.151. The highest BCUT2D eigenvalue weighted by Gasteiger charge is 2.44. The van der Waals surface area contributed by atoms with Crippen molar-refractivity contribution in [3.8, 4) is 0 Å². The summed E-state index contributed by atoms with van der Waals surface area (Å²) in [6.07, 6.45) is 2.34. The quantitative estimate of drug-likeness (QED) is 0.287. The van der Waals surface area contributed by atoms with E-state index in [1.165, 1.54) is 6.92 Å². The normalized spacial score (nSPS) is 28.7. The molecule has 0 saturated carbocycles. The first-order valence-electron chi connectivity index (χ1n) is 9.71. The van der Waals surface area contributed by atoms with Crippen molar-refractivity contribution in [2.45, 2.75) is 51.4 Å². The predicted molar refractivity (Wildman–Crippen MR) is 107 cm³/mol. The highest BCUT2D eigenvalue weighted by molar-refractivity contribution is 5.92. The van der Waals surface area contributed by atoms with E-state index in [0.717, 1.165) is 5.57 Å². The fourth-order valence-corrected chi connectivity index (χ4v) is 3.42. The Balaban J connectivity index is 2.26. The maximum atomic E-state index is 12.6. The molecule has 0 radical (unpaired) electrons. The third kappa shape index (κ3) is 5.90. The molecule has 1 heterocycles. The van der Waals surface area contributed by atoms with Gasteiger partial charge >= 0.3 is 17.9 Å². The number of esters is 3. The summed E-state index contributed by atoms with van der Waals surface area (Å²) in [5.41, 5.74) is 1.55. The number of hydrogen-bond donors (Lipinski definition) is 2. The van der Waals surface area contributed by atoms with Crippen LogP contribution in [0.2, 0.25) is 0 Å². The van der Waals surface area contributed by atoms with Crippen LogP contribution in [0.1, 0.15) is 33.1 Å². The number of ether oxygens (including phenoxy) is 3. The summed E-state index contributed by atoms with van der Waals surface area (Å²) in [6, 6.07) is 0. The van der Waals surface area contributed by atoms with E-state index in [4.69, 9.17) is 14.2 Å². The van der Waals surface area contributed by atoms with Crippen LogP contribution in [0.5, 0.6) is 0 Å². The topological polar surface area (TPSA) is 119 Å². The minimum atomic E-state index is -1.42. The average molecular weight is 420 g/mol. The molecule has 2 rings (SSSR count). The van der Waals surface area contributed by atoms with Crippen LogP contribution in [0.4, 0.5) is 0 Å². The van der Waals surface area contributed by atoms with Crippen LogP contribution in [-0.4, -0.2) is 59.6 Å². The van der Waals surface area contributed by atoms with Gasteiger partial charge in [-0.15, -0.1) is 0 Å². The molecule has 8 heteroatoms. The van der Waals surface area contributed by atoms with Gasteiger partial charge in [0.05, 0.1) is 18.1 Å². The highest BCUT2D eigenvalue weighted by atomic mass is 16.6. The second kappa shape index (κ2) is 10.4. The molecule has 0 unspecified atom stereocenters. The van der Waals surface area contributed by atoms with E-state index < -0.39 is 48.7 Å². The smallest absolute Gasteiger partial charge is 0.336 e. The number of rotatable bonds is 6. The first-order valence-corrected chi connectivity index (χ1v) is 9.71. The Kier molecular flexibility index (Phi) is 8.14. The van der Waals surface area contributed by atoms with Gasteiger partial charge in [-0.25, -0.2) is 9.59 Å². The van der Waals surface area contributed by atoms with Crippen LogP contribution in [0, 0.1) is 5.92 Å². The Labute approximate surface area is 175 Å². The Morgan fingerprint density at radius 1 is 1.40 bits per heavy atom. The lowest BCUT2D eigenvalue weighted by Gasteiger charge is -2.28. The number of carbonyl (C=O) groups is 3. The van der Waals surface area contributed by atoms with E-state index in [9.17, 15) is 24.6 Å². The van der Waals surface area contributed by atoms with Crippen LogP contribution >= 0.6 is 0 Å². The molecule has 8 nitrogen and oxygen atoms in total. The van der Waals surface area contributed by atoms with E-state index in [1.54, 1.807) is 6.08 Å².